The van der Waals surface area contributed by atoms with E-state index in [1.807, 2.05) is 0 Å². The molecular weight excluding hydrogens is 229 g/mol. The average Bonchev–Trinajstić information content (AvgIpc) is 2.31. The third-order valence-electron chi connectivity index (χ3n) is 2.59. The average molecular weight is 243 g/mol. The van der Waals surface area contributed by atoms with Crippen molar-refractivity contribution in [2.45, 2.75) is 18.0 Å². The maximum absolute atomic E-state index is 12.6. The summed E-state index contributed by atoms with van der Waals surface area (Å²) in [7, 11) is -1.22. The lowest BCUT2D eigenvalue weighted by Crippen LogP contribution is -2.32. The maximum atomic E-state index is 12.6. The van der Waals surface area contributed by atoms with Gasteiger partial charge in [-0.1, -0.05) is 0 Å². The third-order valence-corrected chi connectivity index (χ3v) is 3.98. The Balaban J connectivity index is 1.94. The van der Waals surface area contributed by atoms with E-state index in [-0.39, 0.29) is 5.16 Å². The third kappa shape index (κ3) is 3.05. The van der Waals surface area contributed by atoms with Crippen molar-refractivity contribution in [3.63, 3.8) is 0 Å². The minimum atomic E-state index is -1.22. The fourth-order valence-electron chi connectivity index (χ4n) is 1.77. The highest BCUT2D eigenvalue weighted by Gasteiger charge is 2.18. The minimum absolute atomic E-state index is 0.229. The molecule has 0 radical (unpaired) electrons. The van der Waals surface area contributed by atoms with Gasteiger partial charge < -0.3 is 5.32 Å². The van der Waals surface area contributed by atoms with Crippen LogP contribution in [0.1, 0.15) is 12.8 Å². The molecule has 1 aromatic rings. The molecule has 0 spiro atoms. The SMILES string of the molecule is O=[S@](C[C@@H]1CCCNC1)c1ncc(F)cn1. The van der Waals surface area contributed by atoms with Gasteiger partial charge in [-0.05, 0) is 31.8 Å². The first-order valence-electron chi connectivity index (χ1n) is 5.32. The molecular formula is C10H14FN3OS. The van der Waals surface area contributed by atoms with E-state index in [1.165, 1.54) is 0 Å². The van der Waals surface area contributed by atoms with E-state index in [9.17, 15) is 8.60 Å². The summed E-state index contributed by atoms with van der Waals surface area (Å²) in [5, 5.41) is 3.49. The number of hydrogen-bond donors (Lipinski definition) is 1. The van der Waals surface area contributed by atoms with Crippen molar-refractivity contribution in [3.8, 4) is 0 Å². The van der Waals surface area contributed by atoms with Gasteiger partial charge in [0.2, 0.25) is 5.16 Å². The van der Waals surface area contributed by atoms with E-state index < -0.39 is 16.6 Å². The predicted molar refractivity (Wildman–Crippen MR) is 58.9 cm³/mol. The molecule has 2 rings (SSSR count). The standard InChI is InChI=1S/C10H14FN3OS/c11-9-5-13-10(14-6-9)16(15)7-8-2-1-3-12-4-8/h5-6,8,12H,1-4,7H2/t8-,16-/m1/s1. The Morgan fingerprint density at radius 2 is 2.25 bits per heavy atom. The highest BCUT2D eigenvalue weighted by Crippen LogP contribution is 2.13. The van der Waals surface area contributed by atoms with Crippen LogP contribution in [-0.2, 0) is 10.8 Å². The van der Waals surface area contributed by atoms with Gasteiger partial charge in [0.05, 0.1) is 23.2 Å². The Morgan fingerprint density at radius 3 is 2.88 bits per heavy atom. The first-order chi connectivity index (χ1) is 7.75. The fourth-order valence-corrected chi connectivity index (χ4v) is 2.98. The van der Waals surface area contributed by atoms with Gasteiger partial charge in [-0.2, -0.15) is 0 Å². The Bertz CT molecular complexity index is 365. The highest BCUT2D eigenvalue weighted by atomic mass is 32.2. The number of nitrogens with zero attached hydrogens (tertiary/aromatic N) is 2. The molecule has 0 unspecified atom stereocenters. The molecule has 1 N–H and O–H groups in total. The van der Waals surface area contributed by atoms with Crippen LogP contribution < -0.4 is 5.32 Å². The molecule has 88 valence electrons. The van der Waals surface area contributed by atoms with Crippen molar-refractivity contribution in [2.24, 2.45) is 5.92 Å². The van der Waals surface area contributed by atoms with E-state index in [4.69, 9.17) is 0 Å². The van der Waals surface area contributed by atoms with Crippen LogP contribution in [-0.4, -0.2) is 33.0 Å². The van der Waals surface area contributed by atoms with Crippen molar-refractivity contribution in [3.05, 3.63) is 18.2 Å². The topological polar surface area (TPSA) is 54.9 Å². The minimum Gasteiger partial charge on any atom is -0.316 e. The van der Waals surface area contributed by atoms with Crippen LogP contribution in [0.15, 0.2) is 17.6 Å². The fraction of sp³-hybridized carbons (Fsp3) is 0.600. The van der Waals surface area contributed by atoms with Crippen LogP contribution >= 0.6 is 0 Å². The van der Waals surface area contributed by atoms with Gasteiger partial charge >= 0.3 is 0 Å². The van der Waals surface area contributed by atoms with Gasteiger partial charge in [0.15, 0.2) is 5.82 Å². The summed E-state index contributed by atoms with van der Waals surface area (Å²) in [6.07, 6.45) is 4.31. The van der Waals surface area contributed by atoms with E-state index in [0.29, 0.717) is 11.7 Å². The van der Waals surface area contributed by atoms with Crippen LogP contribution in [0.3, 0.4) is 0 Å². The van der Waals surface area contributed by atoms with Crippen LogP contribution in [0.4, 0.5) is 4.39 Å². The molecule has 0 aliphatic carbocycles. The largest absolute Gasteiger partial charge is 0.316 e. The van der Waals surface area contributed by atoms with Crippen LogP contribution in [0.2, 0.25) is 0 Å². The molecule has 1 aliphatic heterocycles. The van der Waals surface area contributed by atoms with Crippen molar-refractivity contribution in [1.82, 2.24) is 15.3 Å². The van der Waals surface area contributed by atoms with Gasteiger partial charge in [-0.3, -0.25) is 4.21 Å². The molecule has 1 aliphatic rings. The van der Waals surface area contributed by atoms with E-state index in [0.717, 1.165) is 38.3 Å². The zero-order chi connectivity index (χ0) is 11.4. The molecule has 0 saturated carbocycles. The molecule has 4 nitrogen and oxygen atoms in total. The summed E-state index contributed by atoms with van der Waals surface area (Å²) < 4.78 is 24.4. The lowest BCUT2D eigenvalue weighted by molar-refractivity contribution is 0.407. The zero-order valence-electron chi connectivity index (χ0n) is 8.86. The van der Waals surface area contributed by atoms with E-state index in [1.54, 1.807) is 0 Å². The van der Waals surface area contributed by atoms with Gasteiger partial charge in [0.1, 0.15) is 0 Å². The number of halogens is 1. The van der Waals surface area contributed by atoms with Crippen LogP contribution in [0, 0.1) is 11.7 Å². The molecule has 6 heteroatoms. The molecule has 16 heavy (non-hydrogen) atoms. The second kappa shape index (κ2) is 5.45. The molecule has 1 saturated heterocycles. The second-order valence-electron chi connectivity index (χ2n) is 3.91. The normalized spacial score (nSPS) is 22.9. The monoisotopic (exact) mass is 243 g/mol. The summed E-state index contributed by atoms with van der Waals surface area (Å²) in [6, 6.07) is 0. The summed E-state index contributed by atoms with van der Waals surface area (Å²) in [5.41, 5.74) is 0. The van der Waals surface area contributed by atoms with Gasteiger partial charge in [-0.15, -0.1) is 0 Å². The maximum Gasteiger partial charge on any atom is 0.218 e. The van der Waals surface area contributed by atoms with Crippen molar-refractivity contribution >= 4 is 10.8 Å². The van der Waals surface area contributed by atoms with Gasteiger partial charge in [0, 0.05) is 5.75 Å². The van der Waals surface area contributed by atoms with Crippen LogP contribution in [0.5, 0.6) is 0 Å². The van der Waals surface area contributed by atoms with Crippen molar-refractivity contribution in [2.75, 3.05) is 18.8 Å². The summed E-state index contributed by atoms with van der Waals surface area (Å²) >= 11 is 0. The quantitative estimate of drug-likeness (QED) is 0.795. The molecule has 2 atom stereocenters. The van der Waals surface area contributed by atoms with Crippen molar-refractivity contribution in [1.29, 1.82) is 0 Å². The Labute approximate surface area is 96.1 Å². The number of nitrogens with one attached hydrogen (secondary N) is 1. The summed E-state index contributed by atoms with van der Waals surface area (Å²) in [6.45, 7) is 1.93. The first kappa shape index (κ1) is 11.6. The molecule has 1 aromatic heterocycles. The van der Waals surface area contributed by atoms with Crippen LogP contribution in [0.25, 0.3) is 0 Å². The van der Waals surface area contributed by atoms with Gasteiger partial charge in [0.25, 0.3) is 0 Å². The summed E-state index contributed by atoms with van der Waals surface area (Å²) in [4.78, 5) is 7.47. The second-order valence-corrected chi connectivity index (χ2v) is 5.30. The molecule has 2 heterocycles. The van der Waals surface area contributed by atoms with Crippen molar-refractivity contribution < 1.29 is 8.60 Å². The highest BCUT2D eigenvalue weighted by molar-refractivity contribution is 7.84. The lowest BCUT2D eigenvalue weighted by atomic mass is 10.0. The summed E-state index contributed by atoms with van der Waals surface area (Å²) in [5.74, 6) is 0.460. The molecule has 0 aromatic carbocycles. The Kier molecular flexibility index (Phi) is 3.95. The molecule has 0 amide bonds. The smallest absolute Gasteiger partial charge is 0.218 e. The molecule has 0 bridgehead atoms. The first-order valence-corrected chi connectivity index (χ1v) is 6.64. The van der Waals surface area contributed by atoms with E-state index in [2.05, 4.69) is 15.3 Å². The Hall–Kier alpha value is -0.880. The predicted octanol–water partition coefficient (Wildman–Crippen LogP) is 0.723. The van der Waals surface area contributed by atoms with Gasteiger partial charge in [-0.25, -0.2) is 14.4 Å². The Morgan fingerprint density at radius 1 is 1.50 bits per heavy atom. The zero-order valence-corrected chi connectivity index (χ0v) is 9.67. The molecule has 1 fully saturated rings. The number of rotatable bonds is 3. The number of aromatic nitrogens is 2. The number of piperidine rings is 1. The van der Waals surface area contributed by atoms with E-state index >= 15 is 0 Å². The lowest BCUT2D eigenvalue weighted by Gasteiger charge is -2.21. The number of hydrogen-bond acceptors (Lipinski definition) is 4.